The maximum absolute atomic E-state index is 11.9. The average Bonchev–Trinajstić information content (AvgIpc) is 2.86. The second-order valence-corrected chi connectivity index (χ2v) is 6.40. The highest BCUT2D eigenvalue weighted by atomic mass is 16.1. The molecule has 4 heteroatoms. The molecule has 2 aliphatic rings. The van der Waals surface area contributed by atoms with E-state index < -0.39 is 0 Å². The molecule has 2 aliphatic heterocycles. The van der Waals surface area contributed by atoms with E-state index in [4.69, 9.17) is 0 Å². The van der Waals surface area contributed by atoms with Crippen LogP contribution < -0.4 is 10.6 Å². The first-order chi connectivity index (χ1) is 9.15. The van der Waals surface area contributed by atoms with E-state index in [1.165, 1.54) is 25.8 Å². The highest BCUT2D eigenvalue weighted by Gasteiger charge is 2.24. The third-order valence-electron chi connectivity index (χ3n) is 4.48. The van der Waals surface area contributed by atoms with E-state index in [2.05, 4.69) is 29.4 Å². The number of carbonyl (C=O) groups excluding carboxylic acids is 1. The number of rotatable bonds is 5. The average molecular weight is 267 g/mol. The topological polar surface area (TPSA) is 44.4 Å². The van der Waals surface area contributed by atoms with Crippen LogP contribution in [0.3, 0.4) is 0 Å². The quantitative estimate of drug-likeness (QED) is 0.790. The van der Waals surface area contributed by atoms with Crippen molar-refractivity contribution in [1.82, 2.24) is 15.5 Å². The van der Waals surface area contributed by atoms with Gasteiger partial charge in [0.15, 0.2) is 0 Å². The standard InChI is InChI=1S/C15H29N3O/c1-12(2)18-8-6-13(11-18)10-17-15(19)9-14-5-3-4-7-16-14/h12-14,16H,3-11H2,1-2H3,(H,17,19). The minimum Gasteiger partial charge on any atom is -0.356 e. The summed E-state index contributed by atoms with van der Waals surface area (Å²) in [6, 6.07) is 1.04. The number of nitrogens with one attached hydrogen (secondary N) is 2. The van der Waals surface area contributed by atoms with Crippen LogP contribution in [0.4, 0.5) is 0 Å². The molecule has 19 heavy (non-hydrogen) atoms. The third-order valence-corrected chi connectivity index (χ3v) is 4.48. The molecule has 0 aromatic carbocycles. The number of carbonyl (C=O) groups is 1. The van der Waals surface area contributed by atoms with Gasteiger partial charge in [0.1, 0.15) is 0 Å². The van der Waals surface area contributed by atoms with Crippen LogP contribution in [0.2, 0.25) is 0 Å². The fourth-order valence-corrected chi connectivity index (χ4v) is 3.15. The van der Waals surface area contributed by atoms with Crippen LogP contribution in [0.1, 0.15) is 46.0 Å². The van der Waals surface area contributed by atoms with Gasteiger partial charge in [0.2, 0.25) is 5.91 Å². The van der Waals surface area contributed by atoms with Crippen molar-refractivity contribution in [2.75, 3.05) is 26.2 Å². The minimum atomic E-state index is 0.224. The molecule has 4 nitrogen and oxygen atoms in total. The lowest BCUT2D eigenvalue weighted by Gasteiger charge is -2.23. The molecule has 2 unspecified atom stereocenters. The third kappa shape index (κ3) is 4.77. The van der Waals surface area contributed by atoms with E-state index in [0.717, 1.165) is 26.1 Å². The van der Waals surface area contributed by atoms with Crippen molar-refractivity contribution in [2.24, 2.45) is 5.92 Å². The van der Waals surface area contributed by atoms with Gasteiger partial charge in [0.25, 0.3) is 0 Å². The van der Waals surface area contributed by atoms with Gasteiger partial charge in [-0.05, 0) is 52.1 Å². The zero-order valence-electron chi connectivity index (χ0n) is 12.5. The number of piperidine rings is 1. The van der Waals surface area contributed by atoms with Crippen molar-refractivity contribution in [1.29, 1.82) is 0 Å². The van der Waals surface area contributed by atoms with Gasteiger partial charge in [-0.25, -0.2) is 0 Å². The van der Waals surface area contributed by atoms with Crippen molar-refractivity contribution >= 4 is 5.91 Å². The summed E-state index contributed by atoms with van der Waals surface area (Å²) in [6.45, 7) is 8.74. The molecule has 2 heterocycles. The summed E-state index contributed by atoms with van der Waals surface area (Å²) in [5.41, 5.74) is 0. The fraction of sp³-hybridized carbons (Fsp3) is 0.933. The van der Waals surface area contributed by atoms with Crippen molar-refractivity contribution in [2.45, 2.75) is 58.0 Å². The van der Waals surface area contributed by atoms with Crippen LogP contribution in [0.15, 0.2) is 0 Å². The second-order valence-electron chi connectivity index (χ2n) is 6.40. The normalized spacial score (nSPS) is 28.8. The highest BCUT2D eigenvalue weighted by molar-refractivity contribution is 5.76. The Balaban J connectivity index is 1.61. The monoisotopic (exact) mass is 267 g/mol. The van der Waals surface area contributed by atoms with Gasteiger partial charge in [-0.1, -0.05) is 6.42 Å². The Bertz CT molecular complexity index is 287. The predicted octanol–water partition coefficient (Wildman–Crippen LogP) is 1.37. The Kier molecular flexibility index (Phi) is 5.64. The molecule has 2 fully saturated rings. The Morgan fingerprint density at radius 2 is 2.21 bits per heavy atom. The summed E-state index contributed by atoms with van der Waals surface area (Å²) in [4.78, 5) is 14.4. The molecule has 0 aliphatic carbocycles. The van der Waals surface area contributed by atoms with Gasteiger partial charge in [-0.2, -0.15) is 0 Å². The molecule has 0 aromatic heterocycles. The van der Waals surface area contributed by atoms with Crippen LogP contribution in [0.25, 0.3) is 0 Å². The first-order valence-electron chi connectivity index (χ1n) is 7.89. The molecule has 2 rings (SSSR count). The van der Waals surface area contributed by atoms with E-state index >= 15 is 0 Å². The first-order valence-corrected chi connectivity index (χ1v) is 7.89. The number of nitrogens with zero attached hydrogens (tertiary/aromatic N) is 1. The summed E-state index contributed by atoms with van der Waals surface area (Å²) in [7, 11) is 0. The van der Waals surface area contributed by atoms with Crippen LogP contribution in [-0.2, 0) is 4.79 Å². The van der Waals surface area contributed by atoms with Crippen molar-refractivity contribution in [3.8, 4) is 0 Å². The molecule has 0 bridgehead atoms. The lowest BCUT2D eigenvalue weighted by atomic mass is 10.0. The van der Waals surface area contributed by atoms with Gasteiger partial charge in [-0.15, -0.1) is 0 Å². The first kappa shape index (κ1) is 14.8. The molecular weight excluding hydrogens is 238 g/mol. The molecule has 110 valence electrons. The number of amides is 1. The molecular formula is C15H29N3O. The molecule has 2 atom stereocenters. The van der Waals surface area contributed by atoms with Gasteiger partial charge in [0.05, 0.1) is 0 Å². The molecule has 1 amide bonds. The van der Waals surface area contributed by atoms with Crippen molar-refractivity contribution in [3.63, 3.8) is 0 Å². The number of likely N-dealkylation sites (tertiary alicyclic amines) is 1. The molecule has 2 saturated heterocycles. The Hall–Kier alpha value is -0.610. The maximum atomic E-state index is 11.9. The van der Waals surface area contributed by atoms with Gasteiger partial charge in [0, 0.05) is 31.6 Å². The molecule has 0 spiro atoms. The largest absolute Gasteiger partial charge is 0.356 e. The lowest BCUT2D eigenvalue weighted by Crippen LogP contribution is -2.40. The smallest absolute Gasteiger partial charge is 0.221 e. The summed E-state index contributed by atoms with van der Waals surface area (Å²) in [5.74, 6) is 0.869. The van der Waals surface area contributed by atoms with Crippen LogP contribution >= 0.6 is 0 Å². The Morgan fingerprint density at radius 3 is 2.84 bits per heavy atom. The SMILES string of the molecule is CC(C)N1CCC(CNC(=O)CC2CCCCN2)C1. The summed E-state index contributed by atoms with van der Waals surface area (Å²) in [5, 5.41) is 6.56. The van der Waals surface area contributed by atoms with E-state index in [1.54, 1.807) is 0 Å². The zero-order chi connectivity index (χ0) is 13.7. The van der Waals surface area contributed by atoms with Crippen LogP contribution in [0.5, 0.6) is 0 Å². The van der Waals surface area contributed by atoms with E-state index in [0.29, 0.717) is 24.4 Å². The van der Waals surface area contributed by atoms with E-state index in [1.807, 2.05) is 0 Å². The molecule has 0 radical (unpaired) electrons. The van der Waals surface area contributed by atoms with Gasteiger partial charge >= 0.3 is 0 Å². The van der Waals surface area contributed by atoms with Crippen molar-refractivity contribution < 1.29 is 4.79 Å². The second kappa shape index (κ2) is 7.25. The zero-order valence-corrected chi connectivity index (χ0v) is 12.5. The van der Waals surface area contributed by atoms with E-state index in [9.17, 15) is 4.79 Å². The van der Waals surface area contributed by atoms with E-state index in [-0.39, 0.29) is 5.91 Å². The lowest BCUT2D eigenvalue weighted by molar-refractivity contribution is -0.121. The minimum absolute atomic E-state index is 0.224. The van der Waals surface area contributed by atoms with Gasteiger partial charge < -0.3 is 15.5 Å². The Labute approximate surface area is 117 Å². The predicted molar refractivity (Wildman–Crippen MR) is 78.1 cm³/mol. The number of hydrogen-bond acceptors (Lipinski definition) is 3. The van der Waals surface area contributed by atoms with Crippen LogP contribution in [-0.4, -0.2) is 49.1 Å². The maximum Gasteiger partial charge on any atom is 0.221 e. The fourth-order valence-electron chi connectivity index (χ4n) is 3.15. The van der Waals surface area contributed by atoms with Gasteiger partial charge in [-0.3, -0.25) is 4.79 Å². The highest BCUT2D eigenvalue weighted by Crippen LogP contribution is 2.17. The number of hydrogen-bond donors (Lipinski definition) is 2. The van der Waals surface area contributed by atoms with Crippen molar-refractivity contribution in [3.05, 3.63) is 0 Å². The Morgan fingerprint density at radius 1 is 1.37 bits per heavy atom. The summed E-state index contributed by atoms with van der Waals surface area (Å²) >= 11 is 0. The van der Waals surface area contributed by atoms with Crippen LogP contribution in [0, 0.1) is 5.92 Å². The summed E-state index contributed by atoms with van der Waals surface area (Å²) < 4.78 is 0. The summed E-state index contributed by atoms with van der Waals surface area (Å²) in [6.07, 6.45) is 5.54. The molecule has 2 N–H and O–H groups in total. The molecule has 0 aromatic rings. The molecule has 0 saturated carbocycles.